The standard InChI is InChI=1S/C22H37N5.HI/c1-18-10-11-20-19(17-26-21(20)16-18)12-14-25-22(23-2)24-13-8-6-5-7-9-15-27(3)4;/h10-11,16-17,26H,5-9,12-15H2,1-4H3,(H2,23,24,25);1H. The number of aryl methyl sites for hydroxylation is 1. The Hall–Kier alpha value is -1.28. The average Bonchev–Trinajstić information content (AvgIpc) is 3.04. The summed E-state index contributed by atoms with van der Waals surface area (Å²) in [5.74, 6) is 0.901. The lowest BCUT2D eigenvalue weighted by atomic mass is 10.1. The van der Waals surface area contributed by atoms with Crippen LogP contribution < -0.4 is 10.6 Å². The Morgan fingerprint density at radius 2 is 1.75 bits per heavy atom. The van der Waals surface area contributed by atoms with Crippen LogP contribution in [0.4, 0.5) is 0 Å². The highest BCUT2D eigenvalue weighted by Crippen LogP contribution is 2.19. The van der Waals surface area contributed by atoms with Crippen LogP contribution in [0.5, 0.6) is 0 Å². The van der Waals surface area contributed by atoms with Crippen LogP contribution in [0, 0.1) is 6.92 Å². The van der Waals surface area contributed by atoms with Gasteiger partial charge in [0.25, 0.3) is 0 Å². The van der Waals surface area contributed by atoms with Gasteiger partial charge in [0.15, 0.2) is 5.96 Å². The third-order valence-electron chi connectivity index (χ3n) is 4.91. The van der Waals surface area contributed by atoms with E-state index in [1.165, 1.54) is 60.7 Å². The molecule has 0 fully saturated rings. The highest BCUT2D eigenvalue weighted by atomic mass is 127. The van der Waals surface area contributed by atoms with Crippen LogP contribution in [-0.2, 0) is 6.42 Å². The van der Waals surface area contributed by atoms with E-state index in [9.17, 15) is 0 Å². The summed E-state index contributed by atoms with van der Waals surface area (Å²) in [6.07, 6.45) is 9.54. The van der Waals surface area contributed by atoms with E-state index >= 15 is 0 Å². The van der Waals surface area contributed by atoms with Crippen LogP contribution in [0.15, 0.2) is 29.4 Å². The van der Waals surface area contributed by atoms with Crippen LogP contribution in [-0.4, -0.2) is 56.6 Å². The first kappa shape index (κ1) is 24.8. The molecule has 0 saturated heterocycles. The van der Waals surface area contributed by atoms with Gasteiger partial charge in [-0.3, -0.25) is 4.99 Å². The van der Waals surface area contributed by atoms with Crippen molar-refractivity contribution in [2.24, 2.45) is 4.99 Å². The maximum atomic E-state index is 4.33. The first-order chi connectivity index (χ1) is 13.1. The van der Waals surface area contributed by atoms with Crippen LogP contribution >= 0.6 is 24.0 Å². The molecule has 0 saturated carbocycles. The summed E-state index contributed by atoms with van der Waals surface area (Å²) in [4.78, 5) is 9.96. The maximum Gasteiger partial charge on any atom is 0.190 e. The zero-order valence-electron chi connectivity index (χ0n) is 18.0. The second-order valence-corrected chi connectivity index (χ2v) is 7.61. The van der Waals surface area contributed by atoms with Gasteiger partial charge in [-0.2, -0.15) is 0 Å². The Morgan fingerprint density at radius 1 is 1.04 bits per heavy atom. The number of nitrogens with one attached hydrogen (secondary N) is 3. The Balaban J connectivity index is 0.00000392. The van der Waals surface area contributed by atoms with Crippen molar-refractivity contribution < 1.29 is 0 Å². The Morgan fingerprint density at radius 3 is 2.50 bits per heavy atom. The molecular formula is C22H38IN5. The lowest BCUT2D eigenvalue weighted by Gasteiger charge is -2.12. The Labute approximate surface area is 187 Å². The van der Waals surface area contributed by atoms with Crippen LogP contribution in [0.3, 0.4) is 0 Å². The number of fused-ring (bicyclic) bond motifs is 1. The number of unbranched alkanes of at least 4 members (excludes halogenated alkanes) is 4. The SMILES string of the molecule is CN=C(NCCCCCCCN(C)C)NCCc1c[nH]c2cc(C)ccc12.I. The second-order valence-electron chi connectivity index (χ2n) is 7.61. The van der Waals surface area contributed by atoms with Gasteiger partial charge in [-0.25, -0.2) is 0 Å². The van der Waals surface area contributed by atoms with Gasteiger partial charge in [0.2, 0.25) is 0 Å². The van der Waals surface area contributed by atoms with E-state index in [-0.39, 0.29) is 24.0 Å². The number of hydrogen-bond acceptors (Lipinski definition) is 2. The highest BCUT2D eigenvalue weighted by Gasteiger charge is 2.04. The third kappa shape index (κ3) is 8.82. The van der Waals surface area contributed by atoms with Gasteiger partial charge in [-0.05, 0) is 64.0 Å². The molecule has 1 heterocycles. The van der Waals surface area contributed by atoms with E-state index in [0.717, 1.165) is 25.5 Å². The Bertz CT molecular complexity index is 708. The van der Waals surface area contributed by atoms with Crippen LogP contribution in [0.25, 0.3) is 10.9 Å². The number of aromatic nitrogens is 1. The molecule has 0 aliphatic rings. The minimum absolute atomic E-state index is 0. The molecule has 0 amide bonds. The molecule has 5 nitrogen and oxygen atoms in total. The van der Waals surface area contributed by atoms with Crippen molar-refractivity contribution in [2.45, 2.75) is 45.4 Å². The monoisotopic (exact) mass is 499 g/mol. The van der Waals surface area contributed by atoms with Crippen molar-refractivity contribution in [3.05, 3.63) is 35.5 Å². The molecule has 0 unspecified atom stereocenters. The topological polar surface area (TPSA) is 55.5 Å². The summed E-state index contributed by atoms with van der Waals surface area (Å²) in [6.45, 7) is 5.19. The zero-order valence-corrected chi connectivity index (χ0v) is 20.3. The molecule has 1 aromatic carbocycles. The summed E-state index contributed by atoms with van der Waals surface area (Å²) < 4.78 is 0. The predicted octanol–water partition coefficient (Wildman–Crippen LogP) is 4.31. The molecule has 3 N–H and O–H groups in total. The van der Waals surface area contributed by atoms with Crippen molar-refractivity contribution in [1.82, 2.24) is 20.5 Å². The molecule has 0 bridgehead atoms. The number of aromatic amines is 1. The second kappa shape index (κ2) is 13.8. The van der Waals surface area contributed by atoms with E-state index in [1.54, 1.807) is 0 Å². The van der Waals surface area contributed by atoms with Gasteiger partial charge in [0.05, 0.1) is 0 Å². The molecule has 2 rings (SSSR count). The normalized spacial score (nSPS) is 11.7. The summed E-state index contributed by atoms with van der Waals surface area (Å²) in [5, 5.41) is 8.17. The Kier molecular flexibility index (Phi) is 12.2. The van der Waals surface area contributed by atoms with Crippen molar-refractivity contribution >= 4 is 40.8 Å². The van der Waals surface area contributed by atoms with Crippen molar-refractivity contribution in [3.63, 3.8) is 0 Å². The van der Waals surface area contributed by atoms with Crippen LogP contribution in [0.2, 0.25) is 0 Å². The number of nitrogens with zero attached hydrogens (tertiary/aromatic N) is 2. The number of guanidine groups is 1. The van der Waals surface area contributed by atoms with Gasteiger partial charge >= 0.3 is 0 Å². The molecule has 2 aromatic rings. The third-order valence-corrected chi connectivity index (χ3v) is 4.91. The molecule has 0 aliphatic heterocycles. The molecule has 1 aromatic heterocycles. The summed E-state index contributed by atoms with van der Waals surface area (Å²) in [7, 11) is 6.12. The van der Waals surface area contributed by atoms with Crippen LogP contribution in [0.1, 0.15) is 43.2 Å². The molecule has 0 radical (unpaired) electrons. The first-order valence-corrected chi connectivity index (χ1v) is 10.3. The van der Waals surface area contributed by atoms with E-state index in [2.05, 4.69) is 70.9 Å². The number of halogens is 1. The molecule has 0 spiro atoms. The number of benzene rings is 1. The van der Waals surface area contributed by atoms with Gasteiger partial charge in [-0.15, -0.1) is 24.0 Å². The van der Waals surface area contributed by atoms with Gasteiger partial charge in [0, 0.05) is 37.2 Å². The van der Waals surface area contributed by atoms with E-state index in [0.29, 0.717) is 0 Å². The van der Waals surface area contributed by atoms with Crippen molar-refractivity contribution in [2.75, 3.05) is 40.8 Å². The largest absolute Gasteiger partial charge is 0.361 e. The van der Waals surface area contributed by atoms with Crippen molar-refractivity contribution in [1.29, 1.82) is 0 Å². The zero-order chi connectivity index (χ0) is 19.5. The fourth-order valence-electron chi connectivity index (χ4n) is 3.33. The van der Waals surface area contributed by atoms with E-state index in [1.807, 2.05) is 7.05 Å². The molecule has 0 atom stereocenters. The van der Waals surface area contributed by atoms with Gasteiger partial charge < -0.3 is 20.5 Å². The molecule has 28 heavy (non-hydrogen) atoms. The van der Waals surface area contributed by atoms with E-state index in [4.69, 9.17) is 0 Å². The van der Waals surface area contributed by atoms with E-state index < -0.39 is 0 Å². The highest BCUT2D eigenvalue weighted by molar-refractivity contribution is 14.0. The summed E-state index contributed by atoms with van der Waals surface area (Å²) in [6, 6.07) is 6.59. The maximum absolute atomic E-state index is 4.33. The smallest absolute Gasteiger partial charge is 0.190 e. The lowest BCUT2D eigenvalue weighted by Crippen LogP contribution is -2.38. The molecule has 6 heteroatoms. The number of aliphatic imine (C=N–C) groups is 1. The number of rotatable bonds is 11. The van der Waals surface area contributed by atoms with Crippen molar-refractivity contribution in [3.8, 4) is 0 Å². The van der Waals surface area contributed by atoms with Gasteiger partial charge in [0.1, 0.15) is 0 Å². The fraction of sp³-hybridized carbons (Fsp3) is 0.591. The minimum atomic E-state index is 0. The lowest BCUT2D eigenvalue weighted by molar-refractivity contribution is 0.389. The quantitative estimate of drug-likeness (QED) is 0.187. The summed E-state index contributed by atoms with van der Waals surface area (Å²) >= 11 is 0. The first-order valence-electron chi connectivity index (χ1n) is 10.3. The number of H-pyrrole nitrogens is 1. The fourth-order valence-corrected chi connectivity index (χ4v) is 3.33. The van der Waals surface area contributed by atoms with Gasteiger partial charge in [-0.1, -0.05) is 31.4 Å². The summed E-state index contributed by atoms with van der Waals surface area (Å²) in [5.41, 5.74) is 3.86. The molecular weight excluding hydrogens is 461 g/mol. The average molecular weight is 499 g/mol. The minimum Gasteiger partial charge on any atom is -0.361 e. The molecule has 158 valence electrons. The number of hydrogen-bond donors (Lipinski definition) is 3. The molecule has 0 aliphatic carbocycles. The predicted molar refractivity (Wildman–Crippen MR) is 133 cm³/mol.